The summed E-state index contributed by atoms with van der Waals surface area (Å²) in [4.78, 5) is -0.282. The van der Waals surface area contributed by atoms with Crippen LogP contribution in [-0.2, 0) is 16.4 Å². The number of primary sulfonamides is 1. The Balaban J connectivity index is 1.93. The molecule has 2 aromatic rings. The van der Waals surface area contributed by atoms with Crippen molar-refractivity contribution in [2.24, 2.45) is 5.14 Å². The summed E-state index contributed by atoms with van der Waals surface area (Å²) >= 11 is 0. The number of aliphatic hydroxyl groups excluding tert-OH is 1. The summed E-state index contributed by atoms with van der Waals surface area (Å²) in [5.74, 6) is -0.253. The minimum Gasteiger partial charge on any atom is -0.489 e. The minimum atomic E-state index is -3.97. The molecule has 0 spiro atoms. The summed E-state index contributed by atoms with van der Waals surface area (Å²) in [5, 5.41) is 27.5. The molecule has 9 heteroatoms. The predicted molar refractivity (Wildman–Crippen MR) is 111 cm³/mol. The number of nitrogens with one attached hydrogen (secondary N) is 1. The van der Waals surface area contributed by atoms with Crippen molar-refractivity contribution < 1.29 is 22.7 Å². The minimum absolute atomic E-state index is 0.0152. The molecular weight excluding hydrogens is 409 g/mol. The van der Waals surface area contributed by atoms with Gasteiger partial charge in [-0.15, -0.1) is 0 Å². The van der Waals surface area contributed by atoms with Crippen LogP contribution >= 0.6 is 0 Å². The fraction of sp³-hybridized carbons (Fsp3) is 0.381. The van der Waals surface area contributed by atoms with Crippen molar-refractivity contribution in [2.75, 3.05) is 13.2 Å². The maximum Gasteiger partial charge on any atom is 0.238 e. The van der Waals surface area contributed by atoms with Gasteiger partial charge in [0.05, 0.1) is 10.5 Å². The first-order chi connectivity index (χ1) is 13.9. The first-order valence-corrected chi connectivity index (χ1v) is 10.8. The number of nitrogens with zero attached hydrogens (tertiary/aromatic N) is 1. The van der Waals surface area contributed by atoms with Crippen LogP contribution in [0, 0.1) is 24.1 Å². The summed E-state index contributed by atoms with van der Waals surface area (Å²) in [6.45, 7) is 5.71. The van der Waals surface area contributed by atoms with Crippen molar-refractivity contribution in [3.8, 4) is 11.8 Å². The van der Waals surface area contributed by atoms with Gasteiger partial charge in [0, 0.05) is 12.1 Å². The van der Waals surface area contributed by atoms with E-state index in [2.05, 4.69) is 5.32 Å². The van der Waals surface area contributed by atoms with Crippen LogP contribution in [0.4, 0.5) is 4.39 Å². The van der Waals surface area contributed by atoms with Crippen molar-refractivity contribution in [1.29, 1.82) is 5.26 Å². The topological polar surface area (TPSA) is 125 Å². The average Bonchev–Trinajstić information content (AvgIpc) is 2.65. The monoisotopic (exact) mass is 435 g/mol. The number of hydrogen-bond donors (Lipinski definition) is 3. The number of nitriles is 1. The fourth-order valence-electron chi connectivity index (χ4n) is 2.87. The Morgan fingerprint density at radius 3 is 2.60 bits per heavy atom. The highest BCUT2D eigenvalue weighted by molar-refractivity contribution is 7.89. The first-order valence-electron chi connectivity index (χ1n) is 9.29. The average molecular weight is 436 g/mol. The lowest BCUT2D eigenvalue weighted by Crippen LogP contribution is -2.46. The van der Waals surface area contributed by atoms with Crippen molar-refractivity contribution in [2.45, 2.75) is 43.7 Å². The van der Waals surface area contributed by atoms with Crippen LogP contribution in [0.15, 0.2) is 41.3 Å². The van der Waals surface area contributed by atoms with E-state index in [4.69, 9.17) is 15.1 Å². The third-order valence-electron chi connectivity index (χ3n) is 4.49. The number of nitrogens with two attached hydrogens (primary N) is 1. The summed E-state index contributed by atoms with van der Waals surface area (Å²) in [6, 6.07) is 10.8. The van der Waals surface area contributed by atoms with Gasteiger partial charge in [-0.3, -0.25) is 0 Å². The number of halogens is 1. The molecule has 4 N–H and O–H groups in total. The standard InChI is InChI=1S/C21H26FN3O4S/c1-14-4-5-16(11-23)20(8-14)29-13-17(26)12-25-21(2,3)10-15-6-7-18(9-19(15)22)30(24,27)28/h4-9,17,25-26H,10,12-13H2,1-3H3,(H2,24,27,28)/t17-/m0/s1. The third kappa shape index (κ3) is 6.78. The summed E-state index contributed by atoms with van der Waals surface area (Å²) in [5.41, 5.74) is 1.06. The summed E-state index contributed by atoms with van der Waals surface area (Å²) < 4.78 is 42.5. The molecule has 30 heavy (non-hydrogen) atoms. The number of aryl methyl sites for hydroxylation is 1. The van der Waals surface area contributed by atoms with Crippen molar-refractivity contribution in [3.05, 3.63) is 58.9 Å². The van der Waals surface area contributed by atoms with E-state index in [0.717, 1.165) is 11.6 Å². The predicted octanol–water partition coefficient (Wildman–Crippen LogP) is 2.00. The lowest BCUT2D eigenvalue weighted by molar-refractivity contribution is 0.0986. The van der Waals surface area contributed by atoms with Gasteiger partial charge in [-0.2, -0.15) is 5.26 Å². The van der Waals surface area contributed by atoms with E-state index < -0.39 is 27.5 Å². The van der Waals surface area contributed by atoms with Crippen LogP contribution in [0.5, 0.6) is 5.75 Å². The van der Waals surface area contributed by atoms with Crippen molar-refractivity contribution in [1.82, 2.24) is 5.32 Å². The second-order valence-electron chi connectivity index (χ2n) is 7.82. The van der Waals surface area contributed by atoms with E-state index in [1.807, 2.05) is 26.8 Å². The summed E-state index contributed by atoms with van der Waals surface area (Å²) in [6.07, 6.45) is -0.598. The fourth-order valence-corrected chi connectivity index (χ4v) is 3.39. The van der Waals surface area contributed by atoms with Gasteiger partial charge in [0.1, 0.15) is 30.3 Å². The molecule has 0 aliphatic heterocycles. The van der Waals surface area contributed by atoms with Gasteiger partial charge in [-0.1, -0.05) is 12.1 Å². The lowest BCUT2D eigenvalue weighted by Gasteiger charge is -2.28. The Bertz CT molecular complexity index is 1050. The number of ether oxygens (including phenoxy) is 1. The molecule has 0 radical (unpaired) electrons. The molecule has 0 fully saturated rings. The SMILES string of the molecule is Cc1ccc(C#N)c(OC[C@@H](O)CNC(C)(C)Cc2ccc(S(N)(=O)=O)cc2F)c1. The number of β-amino-alcohol motifs (C(OH)–C–C–N with tert-alkyl or cyclic N) is 1. The molecule has 1 atom stereocenters. The number of hydrogen-bond acceptors (Lipinski definition) is 6. The maximum absolute atomic E-state index is 14.3. The molecule has 2 rings (SSSR count). The molecule has 0 unspecified atom stereocenters. The van der Waals surface area contributed by atoms with Crippen LogP contribution in [0.25, 0.3) is 0 Å². The van der Waals surface area contributed by atoms with Gasteiger partial charge in [-0.05, 0) is 62.6 Å². The van der Waals surface area contributed by atoms with Crippen molar-refractivity contribution in [3.63, 3.8) is 0 Å². The Hall–Kier alpha value is -2.51. The number of aliphatic hydroxyl groups is 1. The van der Waals surface area contributed by atoms with Crippen LogP contribution in [-0.4, -0.2) is 38.3 Å². The largest absolute Gasteiger partial charge is 0.489 e. The molecule has 0 saturated heterocycles. The molecule has 2 aromatic carbocycles. The third-order valence-corrected chi connectivity index (χ3v) is 5.40. The van der Waals surface area contributed by atoms with Gasteiger partial charge in [0.25, 0.3) is 0 Å². The van der Waals surface area contributed by atoms with E-state index in [9.17, 15) is 17.9 Å². The van der Waals surface area contributed by atoms with Gasteiger partial charge < -0.3 is 15.2 Å². The normalized spacial score (nSPS) is 13.0. The molecule has 0 bridgehead atoms. The van der Waals surface area contributed by atoms with E-state index >= 15 is 0 Å². The number of benzene rings is 2. The highest BCUT2D eigenvalue weighted by atomic mass is 32.2. The molecule has 0 aliphatic rings. The second kappa shape index (κ2) is 9.53. The van der Waals surface area contributed by atoms with Crippen LogP contribution in [0.1, 0.15) is 30.5 Å². The Morgan fingerprint density at radius 2 is 2.00 bits per heavy atom. The van der Waals surface area contributed by atoms with Gasteiger partial charge in [-0.25, -0.2) is 17.9 Å². The smallest absolute Gasteiger partial charge is 0.238 e. The Morgan fingerprint density at radius 1 is 1.30 bits per heavy atom. The highest BCUT2D eigenvalue weighted by Crippen LogP contribution is 2.21. The molecule has 0 heterocycles. The van der Waals surface area contributed by atoms with E-state index in [1.165, 1.54) is 12.1 Å². The first kappa shape index (κ1) is 23.8. The molecule has 162 valence electrons. The quantitative estimate of drug-likeness (QED) is 0.553. The number of rotatable bonds is 9. The van der Waals surface area contributed by atoms with Gasteiger partial charge in [0.15, 0.2) is 0 Å². The second-order valence-corrected chi connectivity index (χ2v) is 9.38. The van der Waals surface area contributed by atoms with Crippen molar-refractivity contribution >= 4 is 10.0 Å². The van der Waals surface area contributed by atoms with Gasteiger partial charge in [0.2, 0.25) is 10.0 Å². The van der Waals surface area contributed by atoms with Crippen LogP contribution in [0.2, 0.25) is 0 Å². The van der Waals surface area contributed by atoms with E-state index in [1.54, 1.807) is 18.2 Å². The van der Waals surface area contributed by atoms with Gasteiger partial charge >= 0.3 is 0 Å². The zero-order chi connectivity index (χ0) is 22.5. The van der Waals surface area contributed by atoms with E-state index in [0.29, 0.717) is 16.9 Å². The van der Waals surface area contributed by atoms with Crippen LogP contribution < -0.4 is 15.2 Å². The molecule has 0 aromatic heterocycles. The lowest BCUT2D eigenvalue weighted by atomic mass is 9.94. The molecule has 7 nitrogen and oxygen atoms in total. The summed E-state index contributed by atoms with van der Waals surface area (Å²) in [7, 11) is -3.97. The van der Waals surface area contributed by atoms with Crippen LogP contribution in [0.3, 0.4) is 0 Å². The zero-order valence-corrected chi connectivity index (χ0v) is 18.0. The molecule has 0 saturated carbocycles. The molecular formula is C21H26FN3O4S. The molecule has 0 amide bonds. The molecule has 0 aliphatic carbocycles. The number of sulfonamides is 1. The maximum atomic E-state index is 14.3. The Labute approximate surface area is 176 Å². The highest BCUT2D eigenvalue weighted by Gasteiger charge is 2.22. The zero-order valence-electron chi connectivity index (χ0n) is 17.1. The van der Waals surface area contributed by atoms with E-state index in [-0.39, 0.29) is 24.5 Å². The Kier molecular flexibility index (Phi) is 7.55.